The number of hydrogen-bond acceptors (Lipinski definition) is 3. The molecule has 0 aromatic carbocycles. The number of hydrogen-bond donors (Lipinski definition) is 0. The Morgan fingerprint density at radius 2 is 2.45 bits per heavy atom. The lowest BCUT2D eigenvalue weighted by atomic mass is 10.6. The molecule has 0 N–H and O–H groups in total. The first-order valence-electron chi connectivity index (χ1n) is 2.67. The Morgan fingerprint density at radius 1 is 1.73 bits per heavy atom. The van der Waals surface area contributed by atoms with Crippen LogP contribution in [0.25, 0.3) is 4.85 Å². The van der Waals surface area contributed by atoms with Gasteiger partial charge in [0.1, 0.15) is 0 Å². The van der Waals surface area contributed by atoms with Crippen molar-refractivity contribution in [2.75, 3.05) is 0 Å². The van der Waals surface area contributed by atoms with E-state index in [0.29, 0.717) is 10.1 Å². The number of carbonyl (C=O) groups is 1. The molecule has 5 heteroatoms. The highest BCUT2D eigenvalue weighted by Gasteiger charge is 2.01. The van der Waals surface area contributed by atoms with E-state index in [0.717, 1.165) is 11.3 Å². The summed E-state index contributed by atoms with van der Waals surface area (Å²) in [4.78, 5) is 13.5. The van der Waals surface area contributed by atoms with Gasteiger partial charge in [0.05, 0.1) is 6.57 Å². The summed E-state index contributed by atoms with van der Waals surface area (Å²) >= 11 is 1.15. The van der Waals surface area contributed by atoms with Crippen molar-refractivity contribution in [3.63, 3.8) is 0 Å². The fraction of sp³-hybridized carbons (Fsp3) is 0. The van der Waals surface area contributed by atoms with Crippen molar-refractivity contribution in [2.45, 2.75) is 0 Å². The highest BCUT2D eigenvalue weighted by molar-refractivity contribution is 7.39. The molecule has 1 heterocycles. The molecule has 0 aliphatic carbocycles. The van der Waals surface area contributed by atoms with Gasteiger partial charge in [0.2, 0.25) is 5.00 Å². The van der Waals surface area contributed by atoms with Gasteiger partial charge in [-0.2, -0.15) is 0 Å². The average molecular weight is 185 g/mol. The number of nitrogens with zero attached hydrogens (tertiary/aromatic N) is 1. The van der Waals surface area contributed by atoms with Crippen LogP contribution >= 0.6 is 20.6 Å². The summed E-state index contributed by atoms with van der Waals surface area (Å²) in [6.07, 6.45) is 0. The van der Waals surface area contributed by atoms with E-state index in [9.17, 15) is 4.79 Å². The van der Waals surface area contributed by atoms with Crippen molar-refractivity contribution in [2.24, 2.45) is 0 Å². The first-order valence-corrected chi connectivity index (χ1v) is 4.06. The van der Waals surface area contributed by atoms with Crippen molar-refractivity contribution < 1.29 is 9.53 Å². The van der Waals surface area contributed by atoms with Crippen LogP contribution < -0.4 is 4.74 Å². The van der Waals surface area contributed by atoms with E-state index >= 15 is 0 Å². The van der Waals surface area contributed by atoms with Gasteiger partial charge in [0, 0.05) is 0 Å². The Balaban J connectivity index is 2.75. The maximum Gasteiger partial charge on any atom is 0.325 e. The van der Waals surface area contributed by atoms with Gasteiger partial charge >= 0.3 is 5.71 Å². The fourth-order valence-corrected chi connectivity index (χ4v) is 1.38. The van der Waals surface area contributed by atoms with E-state index in [1.54, 1.807) is 12.1 Å². The Hall–Kier alpha value is -0.910. The lowest BCUT2D eigenvalue weighted by Gasteiger charge is -1.92. The molecular formula is C6H4NO2PS. The molecule has 1 aromatic rings. The third kappa shape index (κ3) is 2.30. The van der Waals surface area contributed by atoms with E-state index < -0.39 is 5.71 Å². The van der Waals surface area contributed by atoms with E-state index in [2.05, 4.69) is 4.85 Å². The smallest absolute Gasteiger partial charge is 0.325 e. The number of rotatable bonds is 1. The van der Waals surface area contributed by atoms with Gasteiger partial charge in [0.15, 0.2) is 5.06 Å². The molecular weight excluding hydrogens is 181 g/mol. The van der Waals surface area contributed by atoms with Crippen molar-refractivity contribution in [3.8, 4) is 5.06 Å². The second-order valence-electron chi connectivity index (χ2n) is 1.63. The molecule has 1 atom stereocenters. The van der Waals surface area contributed by atoms with Gasteiger partial charge in [0.25, 0.3) is 0 Å². The van der Waals surface area contributed by atoms with Crippen LogP contribution in [0, 0.1) is 6.57 Å². The summed E-state index contributed by atoms with van der Waals surface area (Å²) < 4.78 is 4.70. The predicted molar refractivity (Wildman–Crippen MR) is 46.3 cm³/mol. The molecule has 1 unspecified atom stereocenters. The van der Waals surface area contributed by atoms with Crippen molar-refractivity contribution in [3.05, 3.63) is 23.5 Å². The average Bonchev–Trinajstić information content (AvgIpc) is 2.34. The van der Waals surface area contributed by atoms with Gasteiger partial charge in [-0.25, -0.2) is 9.64 Å². The summed E-state index contributed by atoms with van der Waals surface area (Å²) in [6.45, 7) is 6.63. The highest BCUT2D eigenvalue weighted by Crippen LogP contribution is 2.31. The molecule has 0 spiro atoms. The van der Waals surface area contributed by atoms with Crippen LogP contribution in [0.1, 0.15) is 0 Å². The summed E-state index contributed by atoms with van der Waals surface area (Å²) in [7, 11) is 1.90. The Labute approximate surface area is 70.0 Å². The largest absolute Gasteiger partial charge is 0.414 e. The molecule has 0 saturated carbocycles. The maximum atomic E-state index is 10.4. The van der Waals surface area contributed by atoms with E-state index in [1.165, 1.54) is 0 Å². The molecule has 0 saturated heterocycles. The lowest BCUT2D eigenvalue weighted by molar-refractivity contribution is 0.228. The standard InChI is InChI=1S/C6H4NO2PS/c1-7-4-2-3-5(11-4)9-6(8)10/h2-3H,10H2. The Morgan fingerprint density at radius 3 is 2.91 bits per heavy atom. The van der Waals surface area contributed by atoms with Gasteiger partial charge in [-0.15, -0.1) is 11.3 Å². The third-order valence-electron chi connectivity index (χ3n) is 0.879. The minimum absolute atomic E-state index is 0.441. The molecule has 0 fully saturated rings. The fourth-order valence-electron chi connectivity index (χ4n) is 0.525. The zero-order valence-corrected chi connectivity index (χ0v) is 7.38. The van der Waals surface area contributed by atoms with Gasteiger partial charge in [-0.3, -0.25) is 0 Å². The van der Waals surface area contributed by atoms with Gasteiger partial charge in [-0.05, 0) is 21.4 Å². The molecule has 3 nitrogen and oxygen atoms in total. The maximum absolute atomic E-state index is 10.4. The van der Waals surface area contributed by atoms with E-state index in [1.807, 2.05) is 9.24 Å². The Bertz CT molecular complexity index is 315. The minimum Gasteiger partial charge on any atom is -0.414 e. The summed E-state index contributed by atoms with van der Waals surface area (Å²) in [5.41, 5.74) is -0.441. The molecule has 0 radical (unpaired) electrons. The predicted octanol–water partition coefficient (Wildman–Crippen LogP) is 2.67. The molecule has 0 aliphatic rings. The van der Waals surface area contributed by atoms with Crippen LogP contribution in [-0.4, -0.2) is 5.71 Å². The quantitative estimate of drug-likeness (QED) is 0.497. The first-order chi connectivity index (χ1) is 5.22. The molecule has 11 heavy (non-hydrogen) atoms. The summed E-state index contributed by atoms with van der Waals surface area (Å²) in [6, 6.07) is 3.21. The van der Waals surface area contributed by atoms with Crippen LogP contribution in [0.5, 0.6) is 5.06 Å². The minimum atomic E-state index is -0.441. The molecule has 0 amide bonds. The molecule has 1 rings (SSSR count). The summed E-state index contributed by atoms with van der Waals surface area (Å²) in [5.74, 6) is 0. The van der Waals surface area contributed by atoms with Crippen molar-refractivity contribution >= 4 is 31.3 Å². The molecule has 1 aromatic heterocycles. The van der Waals surface area contributed by atoms with E-state index in [4.69, 9.17) is 11.3 Å². The topological polar surface area (TPSA) is 30.7 Å². The second kappa shape index (κ2) is 3.47. The second-order valence-corrected chi connectivity index (χ2v) is 3.12. The summed E-state index contributed by atoms with van der Waals surface area (Å²) in [5, 5.41) is 0.974. The van der Waals surface area contributed by atoms with E-state index in [-0.39, 0.29) is 0 Å². The van der Waals surface area contributed by atoms with Crippen LogP contribution in [0.15, 0.2) is 12.1 Å². The van der Waals surface area contributed by atoms with Gasteiger partial charge in [-0.1, -0.05) is 0 Å². The zero-order chi connectivity index (χ0) is 8.27. The number of ether oxygens (including phenoxy) is 1. The van der Waals surface area contributed by atoms with Gasteiger partial charge < -0.3 is 4.74 Å². The number of carbonyl (C=O) groups excluding carboxylic acids is 1. The molecule has 56 valence electrons. The van der Waals surface area contributed by atoms with Crippen molar-refractivity contribution in [1.29, 1.82) is 0 Å². The third-order valence-corrected chi connectivity index (χ3v) is 1.85. The molecule has 0 bridgehead atoms. The highest BCUT2D eigenvalue weighted by atomic mass is 32.1. The Kier molecular flexibility index (Phi) is 2.58. The molecule has 0 aliphatic heterocycles. The van der Waals surface area contributed by atoms with Crippen LogP contribution in [0.2, 0.25) is 0 Å². The lowest BCUT2D eigenvalue weighted by Crippen LogP contribution is -1.91. The number of thiophene rings is 1. The van der Waals surface area contributed by atoms with Crippen LogP contribution in [-0.2, 0) is 0 Å². The van der Waals surface area contributed by atoms with Crippen LogP contribution in [0.3, 0.4) is 0 Å². The monoisotopic (exact) mass is 185 g/mol. The van der Waals surface area contributed by atoms with Crippen LogP contribution in [0.4, 0.5) is 9.80 Å². The normalized spacial score (nSPS) is 8.73. The SMILES string of the molecule is [C-]#[N+]c1ccc(OC(=O)P)s1. The first kappa shape index (κ1) is 8.19. The van der Waals surface area contributed by atoms with Crippen molar-refractivity contribution in [1.82, 2.24) is 0 Å². The zero-order valence-electron chi connectivity index (χ0n) is 5.40.